The molecule has 0 saturated heterocycles. The van der Waals surface area contributed by atoms with Gasteiger partial charge in [0.15, 0.2) is 11.6 Å². The second-order valence-corrected chi connectivity index (χ2v) is 14.9. The summed E-state index contributed by atoms with van der Waals surface area (Å²) in [5.74, 6) is -1.87. The Morgan fingerprint density at radius 1 is 1.03 bits per heavy atom. The Morgan fingerprint density at radius 2 is 1.62 bits per heavy atom. The fourth-order valence-electron chi connectivity index (χ4n) is 9.04. The van der Waals surface area contributed by atoms with Crippen molar-refractivity contribution in [2.24, 2.45) is 44.8 Å². The topological polar surface area (TPSA) is 112 Å². The quantitative estimate of drug-likeness (QED) is 0.384. The third-order valence-corrected chi connectivity index (χ3v) is 11.2. The molecule has 0 aromatic carbocycles. The lowest BCUT2D eigenvalue weighted by molar-refractivity contribution is -0.183. The van der Waals surface area contributed by atoms with Crippen molar-refractivity contribution in [3.63, 3.8) is 0 Å². The van der Waals surface area contributed by atoms with Crippen molar-refractivity contribution >= 4 is 17.3 Å². The third-order valence-electron chi connectivity index (χ3n) is 11.2. The molecular formula is C31H46O6. The molecular weight excluding hydrogens is 468 g/mol. The van der Waals surface area contributed by atoms with Crippen molar-refractivity contribution in [1.82, 2.24) is 0 Å². The number of hydrogen-bond donors (Lipinski definition) is 3. The van der Waals surface area contributed by atoms with Crippen LogP contribution in [0.5, 0.6) is 0 Å². The molecule has 0 unspecified atom stereocenters. The van der Waals surface area contributed by atoms with Crippen LogP contribution in [0.4, 0.5) is 0 Å². The number of carbonyl (C=O) groups excluding carboxylic acids is 3. The van der Waals surface area contributed by atoms with Crippen molar-refractivity contribution in [3.8, 4) is 0 Å². The molecule has 9 atom stereocenters. The van der Waals surface area contributed by atoms with Crippen molar-refractivity contribution in [2.45, 2.75) is 106 Å². The first-order valence-electron chi connectivity index (χ1n) is 13.8. The largest absolute Gasteiger partial charge is 0.393 e. The van der Waals surface area contributed by atoms with Crippen LogP contribution in [0.25, 0.3) is 0 Å². The number of hydrogen-bond acceptors (Lipinski definition) is 6. The summed E-state index contributed by atoms with van der Waals surface area (Å²) in [5, 5.41) is 33.8. The minimum absolute atomic E-state index is 0.0259. The van der Waals surface area contributed by atoms with E-state index in [9.17, 15) is 29.7 Å². The predicted octanol–water partition coefficient (Wildman–Crippen LogP) is 4.20. The van der Waals surface area contributed by atoms with E-state index in [0.29, 0.717) is 12.8 Å². The van der Waals surface area contributed by atoms with E-state index < -0.39 is 51.2 Å². The molecule has 0 amide bonds. The minimum Gasteiger partial charge on any atom is -0.393 e. The van der Waals surface area contributed by atoms with Crippen LogP contribution in [0, 0.1) is 44.8 Å². The van der Waals surface area contributed by atoms with Crippen LogP contribution in [0.3, 0.4) is 0 Å². The Kier molecular flexibility index (Phi) is 6.28. The highest BCUT2D eigenvalue weighted by Crippen LogP contribution is 2.74. The summed E-state index contributed by atoms with van der Waals surface area (Å²) in [7, 11) is 0. The molecule has 0 aromatic rings. The number of fused-ring (bicyclic) bond motifs is 5. The SMILES string of the molecule is CC(C)(C)/C=C/C(=O)[C@](C)(O)[C@H]1[C@H](O)C[C@@]2(C)[C@@H]3CC=C4[C@@H](C[C@H](O)C(=O)C4(C)C)[C@]3(C)C(=O)C[C@]12C. The van der Waals surface area contributed by atoms with E-state index in [1.165, 1.54) is 13.0 Å². The zero-order chi connectivity index (χ0) is 28.1. The Balaban J connectivity index is 1.80. The molecule has 0 aromatic heterocycles. The van der Waals surface area contributed by atoms with E-state index in [1.54, 1.807) is 6.08 Å². The molecule has 0 spiro atoms. The van der Waals surface area contributed by atoms with Crippen molar-refractivity contribution in [1.29, 1.82) is 0 Å². The molecule has 6 heteroatoms. The van der Waals surface area contributed by atoms with Gasteiger partial charge in [0.1, 0.15) is 17.5 Å². The average Bonchev–Trinajstić information content (AvgIpc) is 2.96. The van der Waals surface area contributed by atoms with Gasteiger partial charge in [-0.05, 0) is 74.2 Å². The highest BCUT2D eigenvalue weighted by molar-refractivity contribution is 5.98. The lowest BCUT2D eigenvalue weighted by atomic mass is 9.38. The van der Waals surface area contributed by atoms with Crippen molar-refractivity contribution in [3.05, 3.63) is 23.8 Å². The number of ketones is 3. The van der Waals surface area contributed by atoms with Gasteiger partial charge in [-0.25, -0.2) is 0 Å². The molecule has 0 radical (unpaired) electrons. The highest BCUT2D eigenvalue weighted by atomic mass is 16.3. The number of carbonyl (C=O) groups is 3. The summed E-state index contributed by atoms with van der Waals surface area (Å²) < 4.78 is 0. The summed E-state index contributed by atoms with van der Waals surface area (Å²) >= 11 is 0. The Hall–Kier alpha value is -1.63. The van der Waals surface area contributed by atoms with E-state index >= 15 is 0 Å². The molecule has 6 nitrogen and oxygen atoms in total. The maximum atomic E-state index is 14.2. The lowest BCUT2D eigenvalue weighted by Crippen LogP contribution is -2.65. The first-order valence-corrected chi connectivity index (χ1v) is 13.8. The van der Waals surface area contributed by atoms with Gasteiger partial charge >= 0.3 is 0 Å². The molecule has 37 heavy (non-hydrogen) atoms. The van der Waals surface area contributed by atoms with Gasteiger partial charge in [-0.2, -0.15) is 0 Å². The third kappa shape index (κ3) is 3.72. The number of rotatable bonds is 3. The van der Waals surface area contributed by atoms with Gasteiger partial charge in [0.25, 0.3) is 0 Å². The molecule has 3 fully saturated rings. The van der Waals surface area contributed by atoms with Crippen LogP contribution < -0.4 is 0 Å². The molecule has 206 valence electrons. The van der Waals surface area contributed by atoms with Gasteiger partial charge in [0, 0.05) is 23.2 Å². The van der Waals surface area contributed by atoms with Crippen molar-refractivity contribution < 1.29 is 29.7 Å². The van der Waals surface area contributed by atoms with Crippen LogP contribution in [0.2, 0.25) is 0 Å². The maximum Gasteiger partial charge on any atom is 0.186 e. The van der Waals surface area contributed by atoms with Gasteiger partial charge in [-0.1, -0.05) is 59.3 Å². The number of aliphatic hydroxyl groups is 3. The summed E-state index contributed by atoms with van der Waals surface area (Å²) in [6.07, 6.45) is 4.50. The molecule has 0 bridgehead atoms. The smallest absolute Gasteiger partial charge is 0.186 e. The normalized spacial score (nSPS) is 45.1. The van der Waals surface area contributed by atoms with E-state index in [1.807, 2.05) is 48.5 Å². The second kappa shape index (κ2) is 8.19. The summed E-state index contributed by atoms with van der Waals surface area (Å²) in [6, 6.07) is 0. The van der Waals surface area contributed by atoms with Gasteiger partial charge in [-0.15, -0.1) is 0 Å². The standard InChI is InChI=1S/C31H46O6/c1-26(2,3)13-12-22(34)31(9,37)24-20(33)15-28(6)21-11-10-17-18(14-19(32)25(36)27(17,4)5)30(21,8)23(35)16-29(24,28)7/h10,12-13,18-21,24,32-33,37H,11,14-16H2,1-9H3/b13-12+/t18-,19+,20-,21+,24+,28+,29-,30+,31+/m1/s1. The molecule has 4 aliphatic rings. The first-order chi connectivity index (χ1) is 16.7. The molecule has 4 rings (SSSR count). The molecule has 3 N–H and O–H groups in total. The average molecular weight is 515 g/mol. The van der Waals surface area contributed by atoms with E-state index in [2.05, 4.69) is 13.0 Å². The molecule has 0 heterocycles. The van der Waals surface area contributed by atoms with Crippen LogP contribution in [0.1, 0.15) is 88.0 Å². The van der Waals surface area contributed by atoms with E-state index in [4.69, 9.17) is 0 Å². The van der Waals surface area contributed by atoms with Gasteiger partial charge < -0.3 is 15.3 Å². The maximum absolute atomic E-state index is 14.2. The second-order valence-electron chi connectivity index (χ2n) is 14.9. The number of Topliss-reactive ketones (excluding diaryl/α,β-unsaturated/α-hetero) is 2. The minimum atomic E-state index is -1.84. The summed E-state index contributed by atoms with van der Waals surface area (Å²) in [4.78, 5) is 40.4. The van der Waals surface area contributed by atoms with Gasteiger partial charge in [0.05, 0.1) is 6.10 Å². The van der Waals surface area contributed by atoms with E-state index in [-0.39, 0.29) is 41.7 Å². The summed E-state index contributed by atoms with van der Waals surface area (Å²) in [6.45, 7) is 17.1. The lowest BCUT2D eigenvalue weighted by Gasteiger charge is -2.64. The predicted molar refractivity (Wildman–Crippen MR) is 141 cm³/mol. The fraction of sp³-hybridized carbons (Fsp3) is 0.774. The fourth-order valence-corrected chi connectivity index (χ4v) is 9.04. The summed E-state index contributed by atoms with van der Waals surface area (Å²) in [5.41, 5.74) is -4.16. The van der Waals surface area contributed by atoms with Crippen LogP contribution in [0.15, 0.2) is 23.8 Å². The molecule has 4 aliphatic carbocycles. The Morgan fingerprint density at radius 3 is 2.19 bits per heavy atom. The van der Waals surface area contributed by atoms with Crippen LogP contribution in [-0.4, -0.2) is 50.5 Å². The number of aliphatic hydroxyl groups excluding tert-OH is 2. The van der Waals surface area contributed by atoms with Gasteiger partial charge in [-0.3, -0.25) is 14.4 Å². The zero-order valence-corrected chi connectivity index (χ0v) is 24.0. The first kappa shape index (κ1) is 28.4. The van der Waals surface area contributed by atoms with E-state index in [0.717, 1.165) is 5.57 Å². The number of allylic oxidation sites excluding steroid dienone is 3. The van der Waals surface area contributed by atoms with Crippen LogP contribution in [-0.2, 0) is 14.4 Å². The van der Waals surface area contributed by atoms with Crippen molar-refractivity contribution in [2.75, 3.05) is 0 Å². The zero-order valence-electron chi connectivity index (χ0n) is 24.0. The highest BCUT2D eigenvalue weighted by Gasteiger charge is 2.74. The Labute approximate surface area is 221 Å². The molecule has 0 aliphatic heterocycles. The monoisotopic (exact) mass is 514 g/mol. The Bertz CT molecular complexity index is 1090. The molecule has 3 saturated carbocycles. The van der Waals surface area contributed by atoms with Crippen LogP contribution >= 0.6 is 0 Å². The van der Waals surface area contributed by atoms with Gasteiger partial charge in [0.2, 0.25) is 0 Å².